The number of aromatic nitrogens is 2. The first-order chi connectivity index (χ1) is 10.5. The first-order valence-electron chi connectivity index (χ1n) is 7.18. The summed E-state index contributed by atoms with van der Waals surface area (Å²) in [5.74, 6) is -0.515. The normalized spacial score (nSPS) is 19.9. The summed E-state index contributed by atoms with van der Waals surface area (Å²) in [6, 6.07) is 10.3. The highest BCUT2D eigenvalue weighted by molar-refractivity contribution is 5.95. The number of hydrogen-bond donors (Lipinski definition) is 1. The number of nitrogens with zero attached hydrogens (tertiary/aromatic N) is 2. The molecule has 1 atom stereocenters. The minimum atomic E-state index is -0.515. The molecule has 5 heteroatoms. The Kier molecular flexibility index (Phi) is 3.58. The molecule has 5 nitrogen and oxygen atoms in total. The Hall–Kier alpha value is -2.40. The third kappa shape index (κ3) is 2.33. The van der Waals surface area contributed by atoms with E-state index in [4.69, 9.17) is 10.5 Å². The van der Waals surface area contributed by atoms with Gasteiger partial charge in [-0.3, -0.25) is 4.79 Å². The summed E-state index contributed by atoms with van der Waals surface area (Å²) in [5, 5.41) is 4.31. The monoisotopic (exact) mass is 297 g/mol. The van der Waals surface area contributed by atoms with Crippen LogP contribution in [-0.4, -0.2) is 22.8 Å². The van der Waals surface area contributed by atoms with E-state index < -0.39 is 5.91 Å². The Morgan fingerprint density at radius 1 is 1.41 bits per heavy atom. The molecule has 1 aliphatic carbocycles. The predicted octanol–water partition coefficient (Wildman–Crippen LogP) is 2.11. The van der Waals surface area contributed by atoms with Gasteiger partial charge in [-0.1, -0.05) is 49.4 Å². The van der Waals surface area contributed by atoms with Crippen LogP contribution in [0, 0.1) is 0 Å². The fourth-order valence-corrected chi connectivity index (χ4v) is 2.97. The molecule has 0 aliphatic heterocycles. The second-order valence-corrected chi connectivity index (χ2v) is 5.78. The predicted molar refractivity (Wildman–Crippen MR) is 84.3 cm³/mol. The summed E-state index contributed by atoms with van der Waals surface area (Å²) < 4.78 is 6.91. The Bertz CT molecular complexity index is 734. The molecule has 1 aromatic heterocycles. The van der Waals surface area contributed by atoms with Gasteiger partial charge in [0.15, 0.2) is 5.69 Å². The zero-order chi connectivity index (χ0) is 15.7. The molecule has 2 N–H and O–H groups in total. The second kappa shape index (κ2) is 5.42. The van der Waals surface area contributed by atoms with Crippen LogP contribution in [0.25, 0.3) is 6.08 Å². The first-order valence-corrected chi connectivity index (χ1v) is 7.18. The van der Waals surface area contributed by atoms with Crippen molar-refractivity contribution >= 4 is 12.0 Å². The van der Waals surface area contributed by atoms with Crippen LogP contribution in [0.5, 0.6) is 0 Å². The number of benzene rings is 1. The van der Waals surface area contributed by atoms with Crippen LogP contribution in [0.1, 0.15) is 34.2 Å². The lowest BCUT2D eigenvalue weighted by Crippen LogP contribution is -2.27. The van der Waals surface area contributed by atoms with E-state index in [1.165, 1.54) is 5.56 Å². The van der Waals surface area contributed by atoms with Crippen molar-refractivity contribution in [2.24, 2.45) is 5.73 Å². The van der Waals surface area contributed by atoms with Crippen molar-refractivity contribution in [2.75, 3.05) is 7.11 Å². The molecule has 0 bridgehead atoms. The van der Waals surface area contributed by atoms with Gasteiger partial charge >= 0.3 is 0 Å². The maximum absolute atomic E-state index is 11.6. The minimum Gasteiger partial charge on any atom is -0.364 e. The Morgan fingerprint density at radius 3 is 2.77 bits per heavy atom. The number of methoxy groups -OCH3 is 1. The second-order valence-electron chi connectivity index (χ2n) is 5.78. The SMILES string of the molecule is COCn1nc(C(N)=O)c2c1CC(C)(c1ccccc1)C=C2. The number of ether oxygens (including phenoxy) is 1. The number of rotatable bonds is 4. The maximum atomic E-state index is 11.6. The van der Waals surface area contributed by atoms with Crippen LogP contribution in [0.3, 0.4) is 0 Å². The lowest BCUT2D eigenvalue weighted by atomic mass is 9.74. The summed E-state index contributed by atoms with van der Waals surface area (Å²) in [7, 11) is 1.60. The van der Waals surface area contributed by atoms with Crippen LogP contribution in [0.15, 0.2) is 36.4 Å². The number of hydrogen-bond acceptors (Lipinski definition) is 3. The van der Waals surface area contributed by atoms with Crippen molar-refractivity contribution in [1.82, 2.24) is 9.78 Å². The first kappa shape index (κ1) is 14.5. The van der Waals surface area contributed by atoms with Crippen LogP contribution in [0.2, 0.25) is 0 Å². The average molecular weight is 297 g/mol. The molecule has 114 valence electrons. The van der Waals surface area contributed by atoms with E-state index in [1.54, 1.807) is 11.8 Å². The minimum absolute atomic E-state index is 0.144. The molecule has 1 amide bonds. The molecule has 22 heavy (non-hydrogen) atoms. The van der Waals surface area contributed by atoms with E-state index in [-0.39, 0.29) is 5.41 Å². The quantitative estimate of drug-likeness (QED) is 0.939. The van der Waals surface area contributed by atoms with E-state index >= 15 is 0 Å². The third-order valence-corrected chi connectivity index (χ3v) is 4.17. The van der Waals surface area contributed by atoms with Crippen molar-refractivity contribution < 1.29 is 9.53 Å². The summed E-state index contributed by atoms with van der Waals surface area (Å²) in [4.78, 5) is 11.6. The molecule has 0 fully saturated rings. The van der Waals surface area contributed by atoms with Gasteiger partial charge in [-0.05, 0) is 5.56 Å². The molecule has 1 aromatic carbocycles. The van der Waals surface area contributed by atoms with Crippen LogP contribution in [-0.2, 0) is 23.3 Å². The highest BCUT2D eigenvalue weighted by Crippen LogP contribution is 2.36. The Balaban J connectivity index is 2.08. The molecule has 0 saturated carbocycles. The third-order valence-electron chi connectivity index (χ3n) is 4.17. The van der Waals surface area contributed by atoms with Crippen molar-refractivity contribution in [1.29, 1.82) is 0 Å². The summed E-state index contributed by atoms with van der Waals surface area (Å²) in [6.45, 7) is 2.48. The van der Waals surface area contributed by atoms with Crippen molar-refractivity contribution in [3.63, 3.8) is 0 Å². The molecular weight excluding hydrogens is 278 g/mol. The molecule has 0 saturated heterocycles. The van der Waals surface area contributed by atoms with Crippen molar-refractivity contribution in [3.05, 3.63) is 58.9 Å². The summed E-state index contributed by atoms with van der Waals surface area (Å²) >= 11 is 0. The van der Waals surface area contributed by atoms with Crippen molar-refractivity contribution in [2.45, 2.75) is 25.5 Å². The molecule has 2 aromatic rings. The molecule has 0 radical (unpaired) electrons. The topological polar surface area (TPSA) is 70.1 Å². The fourth-order valence-electron chi connectivity index (χ4n) is 2.97. The molecule has 1 unspecified atom stereocenters. The Labute approximate surface area is 129 Å². The largest absolute Gasteiger partial charge is 0.364 e. The van der Waals surface area contributed by atoms with E-state index in [0.717, 1.165) is 17.7 Å². The number of carbonyl (C=O) groups is 1. The number of allylic oxidation sites excluding steroid dienone is 1. The smallest absolute Gasteiger partial charge is 0.269 e. The maximum Gasteiger partial charge on any atom is 0.269 e. The molecule has 1 heterocycles. The number of nitrogens with two attached hydrogens (primary N) is 1. The lowest BCUT2D eigenvalue weighted by Gasteiger charge is -2.30. The van der Waals surface area contributed by atoms with Crippen LogP contribution >= 0.6 is 0 Å². The van der Waals surface area contributed by atoms with Gasteiger partial charge < -0.3 is 10.5 Å². The number of amides is 1. The highest BCUT2D eigenvalue weighted by atomic mass is 16.5. The van der Waals surface area contributed by atoms with Gasteiger partial charge in [-0.2, -0.15) is 5.10 Å². The van der Waals surface area contributed by atoms with Crippen molar-refractivity contribution in [3.8, 4) is 0 Å². The fraction of sp³-hybridized carbons (Fsp3) is 0.294. The zero-order valence-electron chi connectivity index (χ0n) is 12.7. The van der Waals surface area contributed by atoms with Crippen LogP contribution < -0.4 is 5.73 Å². The van der Waals surface area contributed by atoms with E-state index in [9.17, 15) is 4.79 Å². The molecular formula is C17H19N3O2. The van der Waals surface area contributed by atoms with Gasteiger partial charge in [0.25, 0.3) is 5.91 Å². The highest BCUT2D eigenvalue weighted by Gasteiger charge is 2.32. The molecule has 0 spiro atoms. The number of primary amides is 1. The van der Waals surface area contributed by atoms with E-state index in [0.29, 0.717) is 12.4 Å². The number of fused-ring (bicyclic) bond motifs is 1. The Morgan fingerprint density at radius 2 is 2.14 bits per heavy atom. The van der Waals surface area contributed by atoms with Gasteiger partial charge in [-0.25, -0.2) is 4.68 Å². The average Bonchev–Trinajstić information content (AvgIpc) is 2.87. The van der Waals surface area contributed by atoms with E-state index in [2.05, 4.69) is 30.2 Å². The summed E-state index contributed by atoms with van der Waals surface area (Å²) in [6.07, 6.45) is 4.81. The van der Waals surface area contributed by atoms with Gasteiger partial charge in [-0.15, -0.1) is 0 Å². The van der Waals surface area contributed by atoms with Crippen LogP contribution in [0.4, 0.5) is 0 Å². The van der Waals surface area contributed by atoms with Gasteiger partial charge in [0.1, 0.15) is 6.73 Å². The molecule has 3 rings (SSSR count). The molecule has 1 aliphatic rings. The van der Waals surface area contributed by atoms with Gasteiger partial charge in [0, 0.05) is 24.5 Å². The standard InChI is InChI=1S/C17H19N3O2/c1-17(12-6-4-3-5-7-12)9-8-13-14(10-17)20(11-22-2)19-15(13)16(18)21/h3-9H,10-11H2,1-2H3,(H2,18,21). The van der Waals surface area contributed by atoms with Gasteiger partial charge in [0.2, 0.25) is 0 Å². The summed E-state index contributed by atoms with van der Waals surface area (Å²) in [5.41, 5.74) is 8.60. The number of carbonyl (C=O) groups excluding carboxylic acids is 1. The lowest BCUT2D eigenvalue weighted by molar-refractivity contribution is 0.0985. The van der Waals surface area contributed by atoms with Gasteiger partial charge in [0.05, 0.1) is 5.69 Å². The van der Waals surface area contributed by atoms with E-state index in [1.807, 2.05) is 24.3 Å². The zero-order valence-corrected chi connectivity index (χ0v) is 12.7.